The molecule has 0 aliphatic carbocycles. The fraction of sp³-hybridized carbons (Fsp3) is 0.286. The Hall–Kier alpha value is -3.35. The van der Waals surface area contributed by atoms with E-state index in [1.807, 2.05) is 56.3 Å². The first kappa shape index (κ1) is 19.4. The van der Waals surface area contributed by atoms with Crippen LogP contribution in [0.5, 0.6) is 11.5 Å². The third kappa shape index (κ3) is 4.68. The number of aromatic nitrogens is 2. The molecule has 0 spiro atoms. The molecule has 0 radical (unpaired) electrons. The van der Waals surface area contributed by atoms with Gasteiger partial charge in [0.15, 0.2) is 6.10 Å². The third-order valence-corrected chi connectivity index (χ3v) is 4.37. The minimum absolute atomic E-state index is 0.121. The van der Waals surface area contributed by atoms with Crippen molar-refractivity contribution in [2.24, 2.45) is 0 Å². The molecule has 1 heterocycles. The fourth-order valence-electron chi connectivity index (χ4n) is 2.56. The number of aryl methyl sites for hydroxylation is 2. The van der Waals surface area contributed by atoms with Crippen molar-refractivity contribution >= 4 is 5.91 Å². The monoisotopic (exact) mass is 381 g/mol. The van der Waals surface area contributed by atoms with Crippen molar-refractivity contribution in [1.82, 2.24) is 15.5 Å². The number of hydrogen-bond acceptors (Lipinski definition) is 6. The molecule has 1 amide bonds. The molecule has 0 aliphatic rings. The zero-order valence-electron chi connectivity index (χ0n) is 16.4. The SMILES string of the molecule is COc1cccc(-c2noc(CNC(=O)[C@H](C)Oc3ccc(C)c(C)c3)n2)c1. The van der Waals surface area contributed by atoms with Crippen LogP contribution in [0.25, 0.3) is 11.4 Å². The molecule has 3 rings (SSSR count). The number of nitrogens with zero attached hydrogens (tertiary/aromatic N) is 2. The van der Waals surface area contributed by atoms with Crippen LogP contribution in [0.3, 0.4) is 0 Å². The van der Waals surface area contributed by atoms with E-state index in [-0.39, 0.29) is 12.5 Å². The van der Waals surface area contributed by atoms with Crippen LogP contribution in [-0.2, 0) is 11.3 Å². The number of carbonyl (C=O) groups excluding carboxylic acids is 1. The second-order valence-electron chi connectivity index (χ2n) is 6.47. The average Bonchev–Trinajstić information content (AvgIpc) is 3.18. The topological polar surface area (TPSA) is 86.5 Å². The van der Waals surface area contributed by atoms with Gasteiger partial charge in [0.1, 0.15) is 11.5 Å². The van der Waals surface area contributed by atoms with Crippen LogP contribution in [0, 0.1) is 13.8 Å². The number of methoxy groups -OCH3 is 1. The minimum atomic E-state index is -0.650. The number of amides is 1. The number of rotatable bonds is 7. The van der Waals surface area contributed by atoms with Crippen molar-refractivity contribution in [3.05, 3.63) is 59.5 Å². The fourth-order valence-corrected chi connectivity index (χ4v) is 2.56. The molecule has 1 atom stereocenters. The van der Waals surface area contributed by atoms with Crippen molar-refractivity contribution in [3.63, 3.8) is 0 Å². The van der Waals surface area contributed by atoms with Crippen LogP contribution in [0.1, 0.15) is 23.9 Å². The van der Waals surface area contributed by atoms with Gasteiger partial charge in [0.25, 0.3) is 5.91 Å². The largest absolute Gasteiger partial charge is 0.497 e. The number of hydrogen-bond donors (Lipinski definition) is 1. The summed E-state index contributed by atoms with van der Waals surface area (Å²) in [6.45, 7) is 5.85. The zero-order valence-corrected chi connectivity index (χ0v) is 16.4. The Morgan fingerprint density at radius 3 is 2.71 bits per heavy atom. The molecular weight excluding hydrogens is 358 g/mol. The standard InChI is InChI=1S/C21H23N3O4/c1-13-8-9-18(10-14(13)2)27-15(3)21(25)22-12-19-23-20(24-28-19)16-6-5-7-17(11-16)26-4/h5-11,15H,12H2,1-4H3,(H,22,25)/t15-/m0/s1. The number of nitrogens with one attached hydrogen (secondary N) is 1. The van der Waals surface area contributed by atoms with Crippen LogP contribution in [0.2, 0.25) is 0 Å². The van der Waals surface area contributed by atoms with E-state index in [1.54, 1.807) is 14.0 Å². The molecule has 28 heavy (non-hydrogen) atoms. The van der Waals surface area contributed by atoms with Gasteiger partial charge in [0, 0.05) is 5.56 Å². The summed E-state index contributed by atoms with van der Waals surface area (Å²) < 4.78 is 16.1. The summed E-state index contributed by atoms with van der Waals surface area (Å²) in [5, 5.41) is 6.69. The molecule has 3 aromatic rings. The summed E-state index contributed by atoms with van der Waals surface area (Å²) in [5.74, 6) is 1.84. The van der Waals surface area contributed by atoms with E-state index in [9.17, 15) is 4.79 Å². The summed E-state index contributed by atoms with van der Waals surface area (Å²) in [7, 11) is 1.59. The Morgan fingerprint density at radius 1 is 1.14 bits per heavy atom. The molecule has 0 unspecified atom stereocenters. The van der Waals surface area contributed by atoms with E-state index in [1.165, 1.54) is 5.56 Å². The highest BCUT2D eigenvalue weighted by molar-refractivity contribution is 5.80. The van der Waals surface area contributed by atoms with E-state index in [4.69, 9.17) is 14.0 Å². The molecule has 2 aromatic carbocycles. The van der Waals surface area contributed by atoms with Crippen LogP contribution in [0.15, 0.2) is 47.0 Å². The van der Waals surface area contributed by atoms with E-state index in [2.05, 4.69) is 15.5 Å². The minimum Gasteiger partial charge on any atom is -0.497 e. The van der Waals surface area contributed by atoms with Gasteiger partial charge >= 0.3 is 0 Å². The Labute approximate surface area is 163 Å². The molecule has 0 aliphatic heterocycles. The molecule has 1 N–H and O–H groups in total. The summed E-state index contributed by atoms with van der Waals surface area (Å²) >= 11 is 0. The van der Waals surface area contributed by atoms with E-state index in [0.717, 1.165) is 11.1 Å². The molecule has 0 bridgehead atoms. The quantitative estimate of drug-likeness (QED) is 0.675. The highest BCUT2D eigenvalue weighted by atomic mass is 16.5. The van der Waals surface area contributed by atoms with Crippen LogP contribution in [-0.4, -0.2) is 29.3 Å². The van der Waals surface area contributed by atoms with Gasteiger partial charge in [0.05, 0.1) is 13.7 Å². The molecule has 1 aromatic heterocycles. The summed E-state index contributed by atoms with van der Waals surface area (Å²) in [5.41, 5.74) is 3.06. The van der Waals surface area contributed by atoms with Gasteiger partial charge in [-0.3, -0.25) is 4.79 Å². The molecule has 146 valence electrons. The molecule has 0 saturated carbocycles. The predicted octanol–water partition coefficient (Wildman–Crippen LogP) is 3.45. The maximum absolute atomic E-state index is 12.3. The highest BCUT2D eigenvalue weighted by Gasteiger charge is 2.16. The van der Waals surface area contributed by atoms with Crippen LogP contribution >= 0.6 is 0 Å². The van der Waals surface area contributed by atoms with Gasteiger partial charge in [-0.2, -0.15) is 4.98 Å². The van der Waals surface area contributed by atoms with Gasteiger partial charge in [-0.15, -0.1) is 0 Å². The van der Waals surface area contributed by atoms with Crippen molar-refractivity contribution < 1.29 is 18.8 Å². The smallest absolute Gasteiger partial charge is 0.261 e. The highest BCUT2D eigenvalue weighted by Crippen LogP contribution is 2.21. The lowest BCUT2D eigenvalue weighted by atomic mass is 10.1. The lowest BCUT2D eigenvalue weighted by molar-refractivity contribution is -0.127. The summed E-state index contributed by atoms with van der Waals surface area (Å²) in [6.07, 6.45) is -0.650. The molecule has 0 fully saturated rings. The maximum atomic E-state index is 12.3. The third-order valence-electron chi connectivity index (χ3n) is 4.37. The number of carbonyl (C=O) groups is 1. The van der Waals surface area contributed by atoms with Crippen molar-refractivity contribution in [1.29, 1.82) is 0 Å². The van der Waals surface area contributed by atoms with E-state index in [0.29, 0.717) is 23.2 Å². The van der Waals surface area contributed by atoms with Gasteiger partial charge in [-0.05, 0) is 56.2 Å². The number of benzene rings is 2. The predicted molar refractivity (Wildman–Crippen MR) is 104 cm³/mol. The normalized spacial score (nSPS) is 11.7. The lowest BCUT2D eigenvalue weighted by Gasteiger charge is -2.15. The lowest BCUT2D eigenvalue weighted by Crippen LogP contribution is -2.36. The number of ether oxygens (including phenoxy) is 2. The van der Waals surface area contributed by atoms with Gasteiger partial charge in [-0.25, -0.2) is 0 Å². The van der Waals surface area contributed by atoms with Crippen molar-refractivity contribution in [2.75, 3.05) is 7.11 Å². The first-order valence-corrected chi connectivity index (χ1v) is 8.95. The molecule has 0 saturated heterocycles. The van der Waals surface area contributed by atoms with E-state index >= 15 is 0 Å². The molecular formula is C21H23N3O4. The van der Waals surface area contributed by atoms with Crippen molar-refractivity contribution in [2.45, 2.75) is 33.4 Å². The second-order valence-corrected chi connectivity index (χ2v) is 6.47. The Balaban J connectivity index is 1.57. The first-order valence-electron chi connectivity index (χ1n) is 8.95. The van der Waals surface area contributed by atoms with Gasteiger partial charge in [-0.1, -0.05) is 23.4 Å². The first-order chi connectivity index (χ1) is 13.5. The maximum Gasteiger partial charge on any atom is 0.261 e. The molecule has 7 heteroatoms. The molecule has 7 nitrogen and oxygen atoms in total. The van der Waals surface area contributed by atoms with Gasteiger partial charge < -0.3 is 19.3 Å². The van der Waals surface area contributed by atoms with Crippen LogP contribution in [0.4, 0.5) is 0 Å². The Bertz CT molecular complexity index is 968. The second kappa shape index (κ2) is 8.56. The summed E-state index contributed by atoms with van der Waals surface area (Å²) in [6, 6.07) is 13.1. The van der Waals surface area contributed by atoms with Crippen LogP contribution < -0.4 is 14.8 Å². The van der Waals surface area contributed by atoms with Crippen molar-refractivity contribution in [3.8, 4) is 22.9 Å². The average molecular weight is 381 g/mol. The Kier molecular flexibility index (Phi) is 5.93. The Morgan fingerprint density at radius 2 is 1.96 bits per heavy atom. The zero-order chi connectivity index (χ0) is 20.1. The van der Waals surface area contributed by atoms with E-state index < -0.39 is 6.10 Å². The summed E-state index contributed by atoms with van der Waals surface area (Å²) in [4.78, 5) is 16.6. The van der Waals surface area contributed by atoms with Gasteiger partial charge in [0.2, 0.25) is 11.7 Å².